The van der Waals surface area contributed by atoms with Crippen LogP contribution in [0, 0.1) is 0 Å². The van der Waals surface area contributed by atoms with Gasteiger partial charge >= 0.3 is 5.97 Å². The average Bonchev–Trinajstić information content (AvgIpc) is 2.48. The number of benzene rings is 1. The molecule has 0 atom stereocenters. The number of ether oxygens (including phenoxy) is 1. The Labute approximate surface area is 127 Å². The Morgan fingerprint density at radius 2 is 1.81 bits per heavy atom. The Bertz CT molecular complexity index is 552. The number of nitrogens with zero attached hydrogens (tertiary/aromatic N) is 1. The van der Waals surface area contributed by atoms with Crippen LogP contribution in [-0.2, 0) is 26.0 Å². The third-order valence-electron chi connectivity index (χ3n) is 3.25. The van der Waals surface area contributed by atoms with Gasteiger partial charge in [0.2, 0.25) is 10.0 Å². The fourth-order valence-electron chi connectivity index (χ4n) is 1.95. The van der Waals surface area contributed by atoms with Gasteiger partial charge in [0.25, 0.3) is 0 Å². The summed E-state index contributed by atoms with van der Waals surface area (Å²) >= 11 is 0. The van der Waals surface area contributed by atoms with Crippen LogP contribution in [0.2, 0.25) is 0 Å². The van der Waals surface area contributed by atoms with Crippen LogP contribution in [0.15, 0.2) is 29.2 Å². The molecule has 0 amide bonds. The summed E-state index contributed by atoms with van der Waals surface area (Å²) in [5.41, 5.74) is 0.734. The van der Waals surface area contributed by atoms with Crippen LogP contribution >= 0.6 is 0 Å². The van der Waals surface area contributed by atoms with E-state index in [1.807, 2.05) is 13.8 Å². The maximum Gasteiger partial charge on any atom is 0.309 e. The molecule has 5 nitrogen and oxygen atoms in total. The van der Waals surface area contributed by atoms with Gasteiger partial charge in [-0.2, -0.15) is 4.31 Å². The van der Waals surface area contributed by atoms with Crippen molar-refractivity contribution in [3.05, 3.63) is 29.8 Å². The first-order chi connectivity index (χ1) is 9.95. The molecule has 1 aromatic carbocycles. The summed E-state index contributed by atoms with van der Waals surface area (Å²) in [7, 11) is -2.13. The molecular formula is C15H23NO4S. The summed E-state index contributed by atoms with van der Waals surface area (Å²) in [5, 5.41) is 0. The van der Waals surface area contributed by atoms with E-state index in [0.717, 1.165) is 18.4 Å². The second-order valence-electron chi connectivity index (χ2n) is 4.75. The molecule has 0 N–H and O–H groups in total. The molecule has 0 fully saturated rings. The highest BCUT2D eigenvalue weighted by Crippen LogP contribution is 2.17. The largest absolute Gasteiger partial charge is 0.469 e. The Hall–Kier alpha value is -1.40. The molecule has 0 aliphatic carbocycles. The van der Waals surface area contributed by atoms with Crippen LogP contribution in [0.25, 0.3) is 0 Å². The zero-order valence-corrected chi connectivity index (χ0v) is 13.6. The maximum absolute atomic E-state index is 12.5. The summed E-state index contributed by atoms with van der Waals surface area (Å²) in [6.45, 7) is 4.84. The summed E-state index contributed by atoms with van der Waals surface area (Å²) in [5.74, 6) is -0.344. The second kappa shape index (κ2) is 8.14. The molecule has 118 valence electrons. The van der Waals surface area contributed by atoms with E-state index in [4.69, 9.17) is 0 Å². The van der Waals surface area contributed by atoms with Gasteiger partial charge in [-0.05, 0) is 24.1 Å². The van der Waals surface area contributed by atoms with Crippen molar-refractivity contribution in [1.29, 1.82) is 0 Å². The van der Waals surface area contributed by atoms with Gasteiger partial charge in [0.05, 0.1) is 18.4 Å². The third kappa shape index (κ3) is 4.82. The molecule has 0 aromatic heterocycles. The number of methoxy groups -OCH3 is 1. The zero-order valence-electron chi connectivity index (χ0n) is 12.8. The molecule has 0 unspecified atom stereocenters. The number of esters is 1. The molecular weight excluding hydrogens is 290 g/mol. The van der Waals surface area contributed by atoms with Crippen LogP contribution < -0.4 is 0 Å². The maximum atomic E-state index is 12.5. The molecule has 0 saturated heterocycles. The van der Waals surface area contributed by atoms with Gasteiger partial charge in [-0.25, -0.2) is 8.42 Å². The average molecular weight is 313 g/mol. The fraction of sp³-hybridized carbons (Fsp3) is 0.533. The number of hydrogen-bond acceptors (Lipinski definition) is 4. The fourth-order valence-corrected chi connectivity index (χ4v) is 3.44. The van der Waals surface area contributed by atoms with Crippen molar-refractivity contribution in [1.82, 2.24) is 4.31 Å². The molecule has 0 radical (unpaired) electrons. The van der Waals surface area contributed by atoms with Crippen LogP contribution in [-0.4, -0.2) is 38.9 Å². The molecule has 1 aromatic rings. The zero-order chi connectivity index (χ0) is 15.9. The standard InChI is InChI=1S/C15H23NO4S/c1-4-6-11-16(5-2)21(18,19)14-9-7-13(8-10-14)12-15(17)20-3/h7-10H,4-6,11-12H2,1-3H3. The summed E-state index contributed by atoms with van der Waals surface area (Å²) in [6, 6.07) is 6.39. The molecule has 21 heavy (non-hydrogen) atoms. The number of sulfonamides is 1. The van der Waals surface area contributed by atoms with E-state index in [0.29, 0.717) is 13.1 Å². The van der Waals surface area contributed by atoms with Gasteiger partial charge in [0, 0.05) is 13.1 Å². The molecule has 0 aliphatic rings. The van der Waals surface area contributed by atoms with Crippen molar-refractivity contribution >= 4 is 16.0 Å². The van der Waals surface area contributed by atoms with E-state index in [2.05, 4.69) is 4.74 Å². The van der Waals surface area contributed by atoms with Gasteiger partial charge in [-0.3, -0.25) is 4.79 Å². The van der Waals surface area contributed by atoms with Crippen LogP contribution in [0.5, 0.6) is 0 Å². The lowest BCUT2D eigenvalue weighted by Gasteiger charge is -2.20. The Balaban J connectivity index is 2.90. The molecule has 0 spiro atoms. The molecule has 0 aliphatic heterocycles. The molecule has 0 saturated carbocycles. The minimum Gasteiger partial charge on any atom is -0.469 e. The van der Waals surface area contributed by atoms with Gasteiger partial charge in [0.15, 0.2) is 0 Å². The van der Waals surface area contributed by atoms with E-state index in [1.165, 1.54) is 11.4 Å². The smallest absolute Gasteiger partial charge is 0.309 e. The Morgan fingerprint density at radius 3 is 2.29 bits per heavy atom. The first kappa shape index (κ1) is 17.7. The Morgan fingerprint density at radius 1 is 1.19 bits per heavy atom. The SMILES string of the molecule is CCCCN(CC)S(=O)(=O)c1ccc(CC(=O)OC)cc1. The predicted octanol–water partition coefficient (Wildman–Crippen LogP) is 2.21. The highest BCUT2D eigenvalue weighted by atomic mass is 32.2. The molecule has 6 heteroatoms. The first-order valence-corrected chi connectivity index (χ1v) is 8.55. The van der Waals surface area contributed by atoms with Crippen LogP contribution in [0.3, 0.4) is 0 Å². The van der Waals surface area contributed by atoms with Crippen LogP contribution in [0.1, 0.15) is 32.3 Å². The topological polar surface area (TPSA) is 63.7 Å². The first-order valence-electron chi connectivity index (χ1n) is 7.11. The normalized spacial score (nSPS) is 11.6. The van der Waals surface area contributed by atoms with Crippen molar-refractivity contribution in [2.75, 3.05) is 20.2 Å². The molecule has 1 rings (SSSR count). The van der Waals surface area contributed by atoms with Gasteiger partial charge < -0.3 is 4.74 Å². The predicted molar refractivity (Wildman–Crippen MR) is 81.5 cm³/mol. The molecule has 0 heterocycles. The van der Waals surface area contributed by atoms with Crippen molar-refractivity contribution in [3.8, 4) is 0 Å². The quantitative estimate of drug-likeness (QED) is 0.690. The number of rotatable bonds is 8. The summed E-state index contributed by atoms with van der Waals surface area (Å²) < 4.78 is 31.1. The van der Waals surface area contributed by atoms with Gasteiger partial charge in [-0.15, -0.1) is 0 Å². The minimum absolute atomic E-state index is 0.143. The van der Waals surface area contributed by atoms with Crippen molar-refractivity contribution in [3.63, 3.8) is 0 Å². The van der Waals surface area contributed by atoms with E-state index >= 15 is 0 Å². The van der Waals surface area contributed by atoms with Gasteiger partial charge in [-0.1, -0.05) is 32.4 Å². The van der Waals surface area contributed by atoms with Crippen molar-refractivity contribution in [2.24, 2.45) is 0 Å². The lowest BCUT2D eigenvalue weighted by molar-refractivity contribution is -0.139. The lowest BCUT2D eigenvalue weighted by atomic mass is 10.2. The number of carbonyl (C=O) groups excluding carboxylic acids is 1. The highest BCUT2D eigenvalue weighted by molar-refractivity contribution is 7.89. The Kier molecular flexibility index (Phi) is 6.84. The third-order valence-corrected chi connectivity index (χ3v) is 5.24. The molecule has 0 bridgehead atoms. The van der Waals surface area contributed by atoms with E-state index in [9.17, 15) is 13.2 Å². The summed E-state index contributed by atoms with van der Waals surface area (Å²) in [6.07, 6.45) is 1.93. The van der Waals surface area contributed by atoms with Crippen LogP contribution in [0.4, 0.5) is 0 Å². The minimum atomic E-state index is -3.46. The number of unbranched alkanes of at least 4 members (excludes halogenated alkanes) is 1. The van der Waals surface area contributed by atoms with E-state index < -0.39 is 10.0 Å². The second-order valence-corrected chi connectivity index (χ2v) is 6.69. The van der Waals surface area contributed by atoms with E-state index in [-0.39, 0.29) is 17.3 Å². The monoisotopic (exact) mass is 313 g/mol. The number of hydrogen-bond donors (Lipinski definition) is 0. The summed E-state index contributed by atoms with van der Waals surface area (Å²) in [4.78, 5) is 11.4. The highest BCUT2D eigenvalue weighted by Gasteiger charge is 2.22. The van der Waals surface area contributed by atoms with Crippen molar-refractivity contribution in [2.45, 2.75) is 38.0 Å². The number of carbonyl (C=O) groups is 1. The lowest BCUT2D eigenvalue weighted by Crippen LogP contribution is -2.31. The van der Waals surface area contributed by atoms with Crippen molar-refractivity contribution < 1.29 is 17.9 Å². The van der Waals surface area contributed by atoms with Gasteiger partial charge in [0.1, 0.15) is 0 Å². The van der Waals surface area contributed by atoms with E-state index in [1.54, 1.807) is 24.3 Å².